The topological polar surface area (TPSA) is 76.1 Å². The number of benzene rings is 2. The van der Waals surface area contributed by atoms with E-state index >= 15 is 0 Å². The maximum atomic E-state index is 12.2. The number of nitrogens with one attached hydrogen (secondary N) is 2. The SMILES string of the molecule is COc1ccc(Cl)cc1Nc1ncc(C(=O)NCc2ccccc2)cn1. The summed E-state index contributed by atoms with van der Waals surface area (Å²) >= 11 is 6.00. The summed E-state index contributed by atoms with van der Waals surface area (Å²) in [5, 5.41) is 6.42. The maximum absolute atomic E-state index is 12.2. The third-order valence-electron chi connectivity index (χ3n) is 3.62. The van der Waals surface area contributed by atoms with Crippen molar-refractivity contribution in [3.63, 3.8) is 0 Å². The van der Waals surface area contributed by atoms with Crippen LogP contribution in [0, 0.1) is 0 Å². The van der Waals surface area contributed by atoms with Crippen molar-refractivity contribution >= 4 is 29.1 Å². The predicted octanol–water partition coefficient (Wildman–Crippen LogP) is 3.81. The van der Waals surface area contributed by atoms with E-state index in [2.05, 4.69) is 20.6 Å². The van der Waals surface area contributed by atoms with Crippen molar-refractivity contribution in [1.29, 1.82) is 0 Å². The number of methoxy groups -OCH3 is 1. The monoisotopic (exact) mass is 368 g/mol. The van der Waals surface area contributed by atoms with Gasteiger partial charge in [-0.2, -0.15) is 0 Å². The van der Waals surface area contributed by atoms with Crippen LogP contribution < -0.4 is 15.4 Å². The largest absolute Gasteiger partial charge is 0.495 e. The highest BCUT2D eigenvalue weighted by molar-refractivity contribution is 6.31. The number of hydrogen-bond donors (Lipinski definition) is 2. The summed E-state index contributed by atoms with van der Waals surface area (Å²) in [6, 6.07) is 14.9. The van der Waals surface area contributed by atoms with Crippen LogP contribution in [0.1, 0.15) is 15.9 Å². The Hall–Kier alpha value is -3.12. The smallest absolute Gasteiger partial charge is 0.254 e. The number of ether oxygens (including phenoxy) is 1. The van der Waals surface area contributed by atoms with E-state index < -0.39 is 0 Å². The molecule has 0 saturated heterocycles. The standard InChI is InChI=1S/C19H17ClN4O2/c1-26-17-8-7-15(20)9-16(17)24-19-22-11-14(12-23-19)18(25)21-10-13-5-3-2-4-6-13/h2-9,11-12H,10H2,1H3,(H,21,25)(H,22,23,24). The molecule has 0 fully saturated rings. The lowest BCUT2D eigenvalue weighted by Crippen LogP contribution is -2.23. The van der Waals surface area contributed by atoms with E-state index in [9.17, 15) is 4.79 Å². The highest BCUT2D eigenvalue weighted by Gasteiger charge is 2.09. The fraction of sp³-hybridized carbons (Fsp3) is 0.105. The van der Waals surface area contributed by atoms with Crippen molar-refractivity contribution in [2.75, 3.05) is 12.4 Å². The number of rotatable bonds is 6. The number of amides is 1. The molecule has 0 aliphatic rings. The van der Waals surface area contributed by atoms with E-state index in [1.807, 2.05) is 30.3 Å². The normalized spacial score (nSPS) is 10.2. The molecular weight excluding hydrogens is 352 g/mol. The van der Waals surface area contributed by atoms with Crippen LogP contribution in [0.3, 0.4) is 0 Å². The van der Waals surface area contributed by atoms with Gasteiger partial charge in [-0.05, 0) is 23.8 Å². The molecule has 1 aromatic heterocycles. The van der Waals surface area contributed by atoms with E-state index in [0.717, 1.165) is 5.56 Å². The summed E-state index contributed by atoms with van der Waals surface area (Å²) in [7, 11) is 1.56. The summed E-state index contributed by atoms with van der Waals surface area (Å²) in [6.07, 6.45) is 2.93. The number of anilines is 2. The minimum atomic E-state index is -0.235. The Labute approximate surface area is 156 Å². The molecule has 3 aromatic rings. The van der Waals surface area contributed by atoms with Crippen molar-refractivity contribution in [2.24, 2.45) is 0 Å². The summed E-state index contributed by atoms with van der Waals surface area (Å²) < 4.78 is 5.27. The van der Waals surface area contributed by atoms with Gasteiger partial charge in [0, 0.05) is 24.0 Å². The number of nitrogens with zero attached hydrogens (tertiary/aromatic N) is 2. The van der Waals surface area contributed by atoms with Crippen LogP contribution in [-0.4, -0.2) is 23.0 Å². The maximum Gasteiger partial charge on any atom is 0.254 e. The first-order valence-electron chi connectivity index (χ1n) is 7.90. The summed E-state index contributed by atoms with van der Waals surface area (Å²) in [5.41, 5.74) is 2.04. The van der Waals surface area contributed by atoms with E-state index in [1.165, 1.54) is 12.4 Å². The Morgan fingerprint density at radius 1 is 1.12 bits per heavy atom. The van der Waals surface area contributed by atoms with Crippen LogP contribution in [0.15, 0.2) is 60.9 Å². The molecule has 26 heavy (non-hydrogen) atoms. The number of aromatic nitrogens is 2. The molecule has 0 radical (unpaired) electrons. The summed E-state index contributed by atoms with van der Waals surface area (Å²) in [4.78, 5) is 20.5. The second kappa shape index (κ2) is 8.31. The van der Waals surface area contributed by atoms with Gasteiger partial charge in [-0.15, -0.1) is 0 Å². The molecule has 2 N–H and O–H groups in total. The Kier molecular flexibility index (Phi) is 5.66. The molecule has 0 bridgehead atoms. The molecule has 132 valence electrons. The van der Waals surface area contributed by atoms with Crippen molar-refractivity contribution in [3.8, 4) is 5.75 Å². The van der Waals surface area contributed by atoms with Gasteiger partial charge in [0.2, 0.25) is 5.95 Å². The van der Waals surface area contributed by atoms with Crippen LogP contribution in [0.5, 0.6) is 5.75 Å². The van der Waals surface area contributed by atoms with Gasteiger partial charge in [0.15, 0.2) is 0 Å². The van der Waals surface area contributed by atoms with E-state index in [1.54, 1.807) is 25.3 Å². The molecule has 0 saturated carbocycles. The van der Waals surface area contributed by atoms with Gasteiger partial charge >= 0.3 is 0 Å². The molecule has 0 spiro atoms. The highest BCUT2D eigenvalue weighted by atomic mass is 35.5. The fourth-order valence-electron chi connectivity index (χ4n) is 2.29. The molecule has 7 heteroatoms. The second-order valence-electron chi connectivity index (χ2n) is 5.43. The lowest BCUT2D eigenvalue weighted by atomic mass is 10.2. The zero-order valence-electron chi connectivity index (χ0n) is 14.1. The van der Waals surface area contributed by atoms with Crippen molar-refractivity contribution in [1.82, 2.24) is 15.3 Å². The van der Waals surface area contributed by atoms with Crippen LogP contribution in [0.25, 0.3) is 0 Å². The number of carbonyl (C=O) groups excluding carboxylic acids is 1. The minimum Gasteiger partial charge on any atom is -0.495 e. The van der Waals surface area contributed by atoms with Gasteiger partial charge in [-0.3, -0.25) is 4.79 Å². The highest BCUT2D eigenvalue weighted by Crippen LogP contribution is 2.29. The molecule has 1 amide bonds. The minimum absolute atomic E-state index is 0.235. The van der Waals surface area contributed by atoms with Crippen LogP contribution >= 0.6 is 11.6 Å². The third kappa shape index (κ3) is 4.49. The average molecular weight is 369 g/mol. The van der Waals surface area contributed by atoms with Gasteiger partial charge in [0.1, 0.15) is 5.75 Å². The summed E-state index contributed by atoms with van der Waals surface area (Å²) in [6.45, 7) is 0.444. The third-order valence-corrected chi connectivity index (χ3v) is 3.85. The quantitative estimate of drug-likeness (QED) is 0.691. The van der Waals surface area contributed by atoms with E-state index in [-0.39, 0.29) is 5.91 Å². The lowest BCUT2D eigenvalue weighted by Gasteiger charge is -2.10. The van der Waals surface area contributed by atoms with Crippen LogP contribution in [0.2, 0.25) is 5.02 Å². The predicted molar refractivity (Wildman–Crippen MR) is 101 cm³/mol. The molecular formula is C19H17ClN4O2. The van der Waals surface area contributed by atoms with Gasteiger partial charge in [0.05, 0.1) is 18.4 Å². The number of carbonyl (C=O) groups is 1. The van der Waals surface area contributed by atoms with Crippen LogP contribution in [0.4, 0.5) is 11.6 Å². The Balaban J connectivity index is 1.65. The van der Waals surface area contributed by atoms with Crippen molar-refractivity contribution in [2.45, 2.75) is 6.54 Å². The second-order valence-corrected chi connectivity index (χ2v) is 5.87. The average Bonchev–Trinajstić information content (AvgIpc) is 2.68. The molecule has 2 aromatic carbocycles. The molecule has 1 heterocycles. The fourth-order valence-corrected chi connectivity index (χ4v) is 2.46. The Bertz CT molecular complexity index is 886. The summed E-state index contributed by atoms with van der Waals surface area (Å²) in [5.74, 6) is 0.716. The first-order valence-corrected chi connectivity index (χ1v) is 8.28. The first-order chi connectivity index (χ1) is 12.7. The van der Waals surface area contributed by atoms with Crippen LogP contribution in [-0.2, 0) is 6.54 Å². The van der Waals surface area contributed by atoms with Gasteiger partial charge < -0.3 is 15.4 Å². The number of hydrogen-bond acceptors (Lipinski definition) is 5. The number of halogens is 1. The molecule has 0 unspecified atom stereocenters. The molecule has 0 atom stereocenters. The Morgan fingerprint density at radius 3 is 2.54 bits per heavy atom. The zero-order valence-corrected chi connectivity index (χ0v) is 14.8. The van der Waals surface area contributed by atoms with Gasteiger partial charge in [-0.1, -0.05) is 41.9 Å². The van der Waals surface area contributed by atoms with Gasteiger partial charge in [-0.25, -0.2) is 9.97 Å². The Morgan fingerprint density at radius 2 is 1.85 bits per heavy atom. The molecule has 0 aliphatic carbocycles. The van der Waals surface area contributed by atoms with Gasteiger partial charge in [0.25, 0.3) is 5.91 Å². The molecule has 3 rings (SSSR count). The molecule has 6 nitrogen and oxygen atoms in total. The van der Waals surface area contributed by atoms with E-state index in [0.29, 0.717) is 34.5 Å². The zero-order chi connectivity index (χ0) is 18.4. The lowest BCUT2D eigenvalue weighted by molar-refractivity contribution is 0.0950. The van der Waals surface area contributed by atoms with E-state index in [4.69, 9.17) is 16.3 Å². The molecule has 0 aliphatic heterocycles. The van der Waals surface area contributed by atoms with Crippen molar-refractivity contribution in [3.05, 3.63) is 77.1 Å². The first kappa shape index (κ1) is 17.7. The van der Waals surface area contributed by atoms with Crippen molar-refractivity contribution < 1.29 is 9.53 Å².